The highest BCUT2D eigenvalue weighted by Crippen LogP contribution is 2.20. The van der Waals surface area contributed by atoms with Crippen molar-refractivity contribution in [3.8, 4) is 17.2 Å². The molecule has 0 spiro atoms. The monoisotopic (exact) mass is 381 g/mol. The van der Waals surface area contributed by atoms with Crippen LogP contribution in [0.5, 0.6) is 0 Å². The summed E-state index contributed by atoms with van der Waals surface area (Å²) in [5.74, 6) is 0. The van der Waals surface area contributed by atoms with Gasteiger partial charge < -0.3 is 0 Å². The van der Waals surface area contributed by atoms with Gasteiger partial charge in [-0.05, 0) is 53.9 Å². The minimum atomic E-state index is 0.731. The van der Waals surface area contributed by atoms with E-state index in [1.807, 2.05) is 12.1 Å². The molecule has 0 saturated carbocycles. The van der Waals surface area contributed by atoms with E-state index in [1.165, 1.54) is 28.7 Å². The van der Waals surface area contributed by atoms with E-state index in [-0.39, 0.29) is 0 Å². The Morgan fingerprint density at radius 2 is 1.14 bits per heavy atom. The fraction of sp³-hybridized carbons (Fsp3) is 0.269. The molecule has 0 amide bonds. The van der Waals surface area contributed by atoms with Crippen LogP contribution in [-0.4, -0.2) is 36.0 Å². The van der Waals surface area contributed by atoms with Crippen LogP contribution in [-0.2, 0) is 13.1 Å². The van der Waals surface area contributed by atoms with Gasteiger partial charge in [0, 0.05) is 26.2 Å². The summed E-state index contributed by atoms with van der Waals surface area (Å²) in [4.78, 5) is 5.09. The van der Waals surface area contributed by atoms with E-state index in [1.54, 1.807) is 0 Å². The van der Waals surface area contributed by atoms with E-state index in [0.29, 0.717) is 0 Å². The molecule has 0 atom stereocenters. The van der Waals surface area contributed by atoms with Gasteiger partial charge in [-0.25, -0.2) is 0 Å². The van der Waals surface area contributed by atoms with Crippen molar-refractivity contribution in [2.24, 2.45) is 0 Å². The van der Waals surface area contributed by atoms with Gasteiger partial charge >= 0.3 is 0 Å². The van der Waals surface area contributed by atoms with E-state index in [2.05, 4.69) is 82.6 Å². The lowest BCUT2D eigenvalue weighted by atomic mass is 10.0. The minimum absolute atomic E-state index is 0.731. The molecular weight excluding hydrogens is 354 g/mol. The molecule has 1 aliphatic heterocycles. The van der Waals surface area contributed by atoms with Crippen LogP contribution >= 0.6 is 0 Å². The van der Waals surface area contributed by atoms with Crippen molar-refractivity contribution < 1.29 is 0 Å². The molecule has 0 N–H and O–H groups in total. The van der Waals surface area contributed by atoms with Crippen LogP contribution in [0.2, 0.25) is 0 Å². The molecule has 1 saturated heterocycles. The quantitative estimate of drug-likeness (QED) is 0.627. The fourth-order valence-corrected chi connectivity index (χ4v) is 3.97. The molecule has 3 aromatic carbocycles. The van der Waals surface area contributed by atoms with Gasteiger partial charge in [0.2, 0.25) is 0 Å². The van der Waals surface area contributed by atoms with Gasteiger partial charge in [0.15, 0.2) is 0 Å². The Labute approximate surface area is 173 Å². The standard InChI is InChI=1S/C26H27N3/c27-19-22-7-9-23(10-8-22)20-28-15-4-16-29(18-17-28)21-24-11-13-26(14-12-24)25-5-2-1-3-6-25/h1-3,5-14H,4,15-18,20-21H2. The number of hydrogen-bond acceptors (Lipinski definition) is 3. The van der Waals surface area contributed by atoms with E-state index in [4.69, 9.17) is 5.26 Å². The SMILES string of the molecule is N#Cc1ccc(CN2CCCN(Cc3ccc(-c4ccccc4)cc3)CC2)cc1. The molecule has 1 heterocycles. The molecule has 1 fully saturated rings. The Morgan fingerprint density at radius 3 is 1.69 bits per heavy atom. The number of benzene rings is 3. The number of hydrogen-bond donors (Lipinski definition) is 0. The first-order valence-electron chi connectivity index (χ1n) is 10.4. The van der Waals surface area contributed by atoms with E-state index < -0.39 is 0 Å². The van der Waals surface area contributed by atoms with Gasteiger partial charge in [0.1, 0.15) is 0 Å². The molecule has 3 heteroatoms. The van der Waals surface area contributed by atoms with Crippen LogP contribution in [0.3, 0.4) is 0 Å². The second-order valence-electron chi connectivity index (χ2n) is 7.78. The zero-order valence-electron chi connectivity index (χ0n) is 16.8. The third kappa shape index (κ3) is 5.32. The van der Waals surface area contributed by atoms with Gasteiger partial charge in [-0.15, -0.1) is 0 Å². The average Bonchev–Trinajstić information content (AvgIpc) is 3.00. The highest BCUT2D eigenvalue weighted by molar-refractivity contribution is 5.63. The minimum Gasteiger partial charge on any atom is -0.298 e. The average molecular weight is 382 g/mol. The maximum atomic E-state index is 8.94. The van der Waals surface area contributed by atoms with Crippen LogP contribution in [0, 0.1) is 11.3 Å². The zero-order valence-corrected chi connectivity index (χ0v) is 16.8. The van der Waals surface area contributed by atoms with Crippen LogP contribution in [0.4, 0.5) is 0 Å². The Balaban J connectivity index is 1.31. The van der Waals surface area contributed by atoms with Crippen LogP contribution < -0.4 is 0 Å². The molecule has 3 aromatic rings. The maximum absolute atomic E-state index is 8.94. The van der Waals surface area contributed by atoms with E-state index in [9.17, 15) is 0 Å². The van der Waals surface area contributed by atoms with Crippen molar-refractivity contribution in [1.82, 2.24) is 9.80 Å². The predicted octanol–water partition coefficient (Wildman–Crippen LogP) is 4.93. The zero-order chi connectivity index (χ0) is 19.9. The molecule has 146 valence electrons. The number of rotatable bonds is 5. The van der Waals surface area contributed by atoms with Crippen molar-refractivity contribution in [3.63, 3.8) is 0 Å². The summed E-state index contributed by atoms with van der Waals surface area (Å²) in [5.41, 5.74) is 5.94. The van der Waals surface area contributed by atoms with Crippen molar-refractivity contribution in [2.45, 2.75) is 19.5 Å². The van der Waals surface area contributed by atoms with Crippen molar-refractivity contribution >= 4 is 0 Å². The lowest BCUT2D eigenvalue weighted by molar-refractivity contribution is 0.247. The predicted molar refractivity (Wildman–Crippen MR) is 118 cm³/mol. The summed E-state index contributed by atoms with van der Waals surface area (Å²) in [5, 5.41) is 8.94. The van der Waals surface area contributed by atoms with Crippen molar-refractivity contribution in [2.75, 3.05) is 26.2 Å². The molecule has 0 radical (unpaired) electrons. The lowest BCUT2D eigenvalue weighted by Crippen LogP contribution is -2.30. The fourth-order valence-electron chi connectivity index (χ4n) is 3.97. The van der Waals surface area contributed by atoms with Crippen LogP contribution in [0.1, 0.15) is 23.1 Å². The Morgan fingerprint density at radius 1 is 0.621 bits per heavy atom. The normalized spacial score (nSPS) is 15.6. The van der Waals surface area contributed by atoms with Crippen LogP contribution in [0.15, 0.2) is 78.9 Å². The molecule has 0 aliphatic carbocycles. The first kappa shape index (κ1) is 19.4. The third-order valence-electron chi connectivity index (χ3n) is 5.64. The second kappa shape index (κ2) is 9.52. The highest BCUT2D eigenvalue weighted by atomic mass is 15.2. The number of nitriles is 1. The Hall–Kier alpha value is -2.93. The summed E-state index contributed by atoms with van der Waals surface area (Å²) in [6.07, 6.45) is 1.19. The molecule has 0 unspecified atom stereocenters. The maximum Gasteiger partial charge on any atom is 0.0991 e. The van der Waals surface area contributed by atoms with E-state index >= 15 is 0 Å². The number of nitrogens with zero attached hydrogens (tertiary/aromatic N) is 3. The van der Waals surface area contributed by atoms with Gasteiger partial charge in [-0.3, -0.25) is 9.80 Å². The second-order valence-corrected chi connectivity index (χ2v) is 7.78. The molecule has 29 heavy (non-hydrogen) atoms. The van der Waals surface area contributed by atoms with Gasteiger partial charge in [0.25, 0.3) is 0 Å². The molecule has 0 bridgehead atoms. The molecule has 0 aromatic heterocycles. The van der Waals surface area contributed by atoms with Crippen molar-refractivity contribution in [1.29, 1.82) is 5.26 Å². The highest BCUT2D eigenvalue weighted by Gasteiger charge is 2.15. The first-order chi connectivity index (χ1) is 14.3. The van der Waals surface area contributed by atoms with Crippen molar-refractivity contribution in [3.05, 3.63) is 95.6 Å². The summed E-state index contributed by atoms with van der Waals surface area (Å²) < 4.78 is 0. The van der Waals surface area contributed by atoms with E-state index in [0.717, 1.165) is 44.8 Å². The Kier molecular flexibility index (Phi) is 6.36. The smallest absolute Gasteiger partial charge is 0.0991 e. The lowest BCUT2D eigenvalue weighted by Gasteiger charge is -2.22. The molecule has 1 aliphatic rings. The first-order valence-corrected chi connectivity index (χ1v) is 10.4. The van der Waals surface area contributed by atoms with Crippen LogP contribution in [0.25, 0.3) is 11.1 Å². The van der Waals surface area contributed by atoms with Gasteiger partial charge in [-0.1, -0.05) is 66.7 Å². The van der Waals surface area contributed by atoms with Gasteiger partial charge in [-0.2, -0.15) is 5.26 Å². The van der Waals surface area contributed by atoms with Gasteiger partial charge in [0.05, 0.1) is 11.6 Å². The molecule has 3 nitrogen and oxygen atoms in total. The molecular formula is C26H27N3. The summed E-state index contributed by atoms with van der Waals surface area (Å²) in [7, 11) is 0. The summed E-state index contributed by atoms with van der Waals surface area (Å²) in [6.45, 7) is 6.43. The Bertz CT molecular complexity index is 940. The largest absolute Gasteiger partial charge is 0.298 e. The topological polar surface area (TPSA) is 30.3 Å². The molecule has 4 rings (SSSR count). The third-order valence-corrected chi connectivity index (χ3v) is 5.64. The summed E-state index contributed by atoms with van der Waals surface area (Å²) in [6, 6.07) is 29.7. The summed E-state index contributed by atoms with van der Waals surface area (Å²) >= 11 is 0.